The number of halogens is 3. The molecule has 1 aliphatic heterocycles. The number of anilines is 1. The molecule has 140 valence electrons. The van der Waals surface area contributed by atoms with E-state index >= 15 is 0 Å². The average molecular weight is 360 g/mol. The molecule has 0 aliphatic carbocycles. The summed E-state index contributed by atoms with van der Waals surface area (Å²) < 4.78 is 44.7. The lowest BCUT2D eigenvalue weighted by Crippen LogP contribution is -2.47. The lowest BCUT2D eigenvalue weighted by Gasteiger charge is -2.34. The predicted molar refractivity (Wildman–Crippen MR) is 86.2 cm³/mol. The molecule has 9 heteroatoms. The van der Waals surface area contributed by atoms with Crippen LogP contribution < -0.4 is 5.32 Å². The fourth-order valence-electron chi connectivity index (χ4n) is 2.57. The van der Waals surface area contributed by atoms with E-state index in [1.54, 1.807) is 20.8 Å². The van der Waals surface area contributed by atoms with Gasteiger partial charge in [0, 0.05) is 25.3 Å². The molecule has 1 aromatic rings. The molecular formula is C16H23F3N4O2. The Morgan fingerprint density at radius 2 is 2.04 bits per heavy atom. The number of carbonyl (C=O) groups excluding carboxylic acids is 1. The summed E-state index contributed by atoms with van der Waals surface area (Å²) in [5.74, 6) is -0.00801. The Labute approximate surface area is 144 Å². The monoisotopic (exact) mass is 360 g/mol. The van der Waals surface area contributed by atoms with Crippen molar-refractivity contribution in [1.82, 2.24) is 14.9 Å². The maximum atomic E-state index is 13.1. The van der Waals surface area contributed by atoms with Gasteiger partial charge in [0.05, 0.1) is 0 Å². The van der Waals surface area contributed by atoms with E-state index < -0.39 is 23.4 Å². The second kappa shape index (κ2) is 7.05. The van der Waals surface area contributed by atoms with Gasteiger partial charge in [-0.25, -0.2) is 14.8 Å². The van der Waals surface area contributed by atoms with Crippen molar-refractivity contribution in [3.8, 4) is 0 Å². The number of nitrogens with one attached hydrogen (secondary N) is 1. The minimum Gasteiger partial charge on any atom is -0.444 e. The van der Waals surface area contributed by atoms with Crippen LogP contribution >= 0.6 is 0 Å². The zero-order chi connectivity index (χ0) is 18.8. The number of ether oxygens (including phenoxy) is 1. The number of aryl methyl sites for hydroxylation is 1. The summed E-state index contributed by atoms with van der Waals surface area (Å²) in [6.45, 7) is 7.61. The first kappa shape index (κ1) is 19.3. The SMILES string of the molecule is Cc1ncc(C(F)(F)F)c(NC2CCCN(C(=O)OC(C)(C)C)C2)n1. The number of amides is 1. The molecule has 25 heavy (non-hydrogen) atoms. The maximum Gasteiger partial charge on any atom is 0.421 e. The van der Waals surface area contributed by atoms with Crippen molar-refractivity contribution >= 4 is 11.9 Å². The van der Waals surface area contributed by atoms with Gasteiger partial charge in [0.1, 0.15) is 22.8 Å². The normalized spacial score (nSPS) is 18.8. The van der Waals surface area contributed by atoms with Gasteiger partial charge in [-0.05, 0) is 40.5 Å². The highest BCUT2D eigenvalue weighted by atomic mass is 19.4. The lowest BCUT2D eigenvalue weighted by molar-refractivity contribution is -0.137. The number of hydrogen-bond donors (Lipinski definition) is 1. The average Bonchev–Trinajstić information content (AvgIpc) is 2.44. The zero-order valence-corrected chi connectivity index (χ0v) is 14.8. The summed E-state index contributed by atoms with van der Waals surface area (Å²) >= 11 is 0. The summed E-state index contributed by atoms with van der Waals surface area (Å²) in [6, 6.07) is -0.336. The van der Waals surface area contributed by atoms with Gasteiger partial charge in [0.25, 0.3) is 0 Å². The highest BCUT2D eigenvalue weighted by Crippen LogP contribution is 2.34. The first-order valence-corrected chi connectivity index (χ1v) is 8.11. The first-order chi connectivity index (χ1) is 11.5. The van der Waals surface area contributed by atoms with Gasteiger partial charge in [-0.1, -0.05) is 0 Å². The van der Waals surface area contributed by atoms with Crippen LogP contribution in [-0.2, 0) is 10.9 Å². The summed E-state index contributed by atoms with van der Waals surface area (Å²) in [5.41, 5.74) is -1.53. The van der Waals surface area contributed by atoms with Crippen molar-refractivity contribution in [2.24, 2.45) is 0 Å². The molecule has 0 bridgehead atoms. The van der Waals surface area contributed by atoms with Crippen molar-refractivity contribution in [2.75, 3.05) is 18.4 Å². The predicted octanol–water partition coefficient (Wildman–Crippen LogP) is 3.62. The highest BCUT2D eigenvalue weighted by molar-refractivity contribution is 5.68. The Kier molecular flexibility index (Phi) is 5.43. The molecule has 1 atom stereocenters. The van der Waals surface area contributed by atoms with Gasteiger partial charge >= 0.3 is 12.3 Å². The van der Waals surface area contributed by atoms with Crippen LogP contribution in [-0.4, -0.2) is 45.7 Å². The number of likely N-dealkylation sites (tertiary alicyclic amines) is 1. The number of aromatic nitrogens is 2. The molecular weight excluding hydrogens is 337 g/mol. The minimum absolute atomic E-state index is 0.246. The number of nitrogens with zero attached hydrogens (tertiary/aromatic N) is 3. The van der Waals surface area contributed by atoms with Gasteiger partial charge in [0.15, 0.2) is 0 Å². The molecule has 1 fully saturated rings. The fraction of sp³-hybridized carbons (Fsp3) is 0.688. The van der Waals surface area contributed by atoms with Gasteiger partial charge in [-0.2, -0.15) is 13.2 Å². The van der Waals surface area contributed by atoms with E-state index in [0.29, 0.717) is 19.4 Å². The molecule has 6 nitrogen and oxygen atoms in total. The Balaban J connectivity index is 2.11. The summed E-state index contributed by atoms with van der Waals surface area (Å²) in [5, 5.41) is 2.82. The van der Waals surface area contributed by atoms with Crippen LogP contribution in [0.4, 0.5) is 23.8 Å². The summed E-state index contributed by atoms with van der Waals surface area (Å²) in [6.07, 6.45) is -2.93. The second-order valence-electron chi connectivity index (χ2n) is 7.09. The maximum absolute atomic E-state index is 13.1. The minimum atomic E-state index is -4.55. The quantitative estimate of drug-likeness (QED) is 0.873. The third-order valence-corrected chi connectivity index (χ3v) is 3.63. The summed E-state index contributed by atoms with van der Waals surface area (Å²) in [7, 11) is 0. The number of piperidine rings is 1. The Hall–Kier alpha value is -2.06. The standard InChI is InChI=1S/C16H23F3N4O2/c1-10-20-8-12(16(17,18)19)13(21-10)22-11-6-5-7-23(9-11)14(24)25-15(2,3)4/h8,11H,5-7,9H2,1-4H3,(H,20,21,22). The van der Waals surface area contributed by atoms with Gasteiger partial charge in [-0.15, -0.1) is 0 Å². The number of rotatable bonds is 2. The van der Waals surface area contributed by atoms with Crippen LogP contribution in [0.3, 0.4) is 0 Å². The number of hydrogen-bond acceptors (Lipinski definition) is 5. The largest absolute Gasteiger partial charge is 0.444 e. The molecule has 1 unspecified atom stereocenters. The lowest BCUT2D eigenvalue weighted by atomic mass is 10.1. The molecule has 1 saturated heterocycles. The van der Waals surface area contributed by atoms with E-state index in [-0.39, 0.29) is 24.2 Å². The van der Waals surface area contributed by atoms with Crippen molar-refractivity contribution in [3.05, 3.63) is 17.6 Å². The second-order valence-corrected chi connectivity index (χ2v) is 7.09. The Morgan fingerprint density at radius 1 is 1.36 bits per heavy atom. The van der Waals surface area contributed by atoms with E-state index in [2.05, 4.69) is 15.3 Å². The molecule has 1 N–H and O–H groups in total. The van der Waals surface area contributed by atoms with Crippen LogP contribution in [0.25, 0.3) is 0 Å². The molecule has 2 heterocycles. The Bertz CT molecular complexity index is 629. The molecule has 0 aromatic carbocycles. The van der Waals surface area contributed by atoms with Crippen molar-refractivity contribution in [1.29, 1.82) is 0 Å². The van der Waals surface area contributed by atoms with E-state index in [4.69, 9.17) is 4.74 Å². The third-order valence-electron chi connectivity index (χ3n) is 3.63. The molecule has 1 aliphatic rings. The fourth-order valence-corrected chi connectivity index (χ4v) is 2.57. The van der Waals surface area contributed by atoms with Gasteiger partial charge < -0.3 is 15.0 Å². The molecule has 2 rings (SSSR count). The molecule has 0 spiro atoms. The number of carbonyl (C=O) groups is 1. The highest BCUT2D eigenvalue weighted by Gasteiger charge is 2.36. The van der Waals surface area contributed by atoms with E-state index in [1.807, 2.05) is 0 Å². The van der Waals surface area contributed by atoms with Crippen LogP contribution in [0.2, 0.25) is 0 Å². The van der Waals surface area contributed by atoms with Crippen molar-refractivity contribution < 1.29 is 22.7 Å². The smallest absolute Gasteiger partial charge is 0.421 e. The van der Waals surface area contributed by atoms with Crippen LogP contribution in [0.15, 0.2) is 6.20 Å². The molecule has 0 saturated carbocycles. The van der Waals surface area contributed by atoms with Gasteiger partial charge in [-0.3, -0.25) is 0 Å². The van der Waals surface area contributed by atoms with E-state index in [0.717, 1.165) is 6.20 Å². The van der Waals surface area contributed by atoms with Crippen molar-refractivity contribution in [3.63, 3.8) is 0 Å². The van der Waals surface area contributed by atoms with Gasteiger partial charge in [0.2, 0.25) is 0 Å². The number of alkyl halides is 3. The van der Waals surface area contributed by atoms with Crippen LogP contribution in [0.5, 0.6) is 0 Å². The topological polar surface area (TPSA) is 67.4 Å². The van der Waals surface area contributed by atoms with Crippen LogP contribution in [0.1, 0.15) is 45.0 Å². The summed E-state index contributed by atoms with van der Waals surface area (Å²) in [4.78, 5) is 21.2. The Morgan fingerprint density at radius 3 is 2.64 bits per heavy atom. The third kappa shape index (κ3) is 5.47. The van der Waals surface area contributed by atoms with E-state index in [1.165, 1.54) is 11.8 Å². The molecule has 1 aromatic heterocycles. The molecule has 1 amide bonds. The zero-order valence-electron chi connectivity index (χ0n) is 14.8. The first-order valence-electron chi connectivity index (χ1n) is 8.11. The molecule has 0 radical (unpaired) electrons. The van der Waals surface area contributed by atoms with E-state index in [9.17, 15) is 18.0 Å². The van der Waals surface area contributed by atoms with Crippen LogP contribution in [0, 0.1) is 6.92 Å². The van der Waals surface area contributed by atoms with Crippen molar-refractivity contribution in [2.45, 2.75) is 58.4 Å².